The van der Waals surface area contributed by atoms with Gasteiger partial charge in [-0.2, -0.15) is 0 Å². The van der Waals surface area contributed by atoms with Crippen LogP contribution < -0.4 is 0 Å². The van der Waals surface area contributed by atoms with Gasteiger partial charge in [0.1, 0.15) is 13.2 Å². The molecule has 7 nitrogen and oxygen atoms in total. The number of hydrogen-bond donors (Lipinski definition) is 3. The monoisotopic (exact) mass is 362 g/mol. The van der Waals surface area contributed by atoms with E-state index in [4.69, 9.17) is 19.7 Å². The Labute approximate surface area is 150 Å². The van der Waals surface area contributed by atoms with E-state index in [0.717, 1.165) is 0 Å². The molecular weight excluding hydrogens is 328 g/mol. The maximum atomic E-state index is 11.7. The Morgan fingerprint density at radius 3 is 1.60 bits per heavy atom. The molecule has 0 rings (SSSR count). The van der Waals surface area contributed by atoms with Crippen LogP contribution in [0.2, 0.25) is 0 Å². The summed E-state index contributed by atoms with van der Waals surface area (Å²) >= 11 is 0. The Bertz CT molecular complexity index is 344. The highest BCUT2D eigenvalue weighted by Gasteiger charge is 2.31. The summed E-state index contributed by atoms with van der Waals surface area (Å²) in [4.78, 5) is 23.5. The molecule has 0 spiro atoms. The third kappa shape index (κ3) is 11.9. The zero-order valence-electron chi connectivity index (χ0n) is 15.7. The van der Waals surface area contributed by atoms with Crippen LogP contribution in [0.1, 0.15) is 65.7 Å². The van der Waals surface area contributed by atoms with Gasteiger partial charge >= 0.3 is 11.9 Å². The maximum absolute atomic E-state index is 11.7. The average Bonchev–Trinajstić information content (AvgIpc) is 2.55. The molecule has 0 aliphatic carbocycles. The molecule has 3 N–H and O–H groups in total. The molecule has 0 bridgehead atoms. The Morgan fingerprint density at radius 2 is 1.32 bits per heavy atom. The van der Waals surface area contributed by atoms with Gasteiger partial charge in [0.15, 0.2) is 0 Å². The fourth-order valence-corrected chi connectivity index (χ4v) is 2.14. The first-order chi connectivity index (χ1) is 11.7. The number of carbonyl (C=O) groups is 2. The Morgan fingerprint density at radius 1 is 0.920 bits per heavy atom. The first-order valence-corrected chi connectivity index (χ1v) is 9.03. The zero-order chi connectivity index (χ0) is 19.3. The van der Waals surface area contributed by atoms with E-state index in [2.05, 4.69) is 0 Å². The second-order valence-corrected chi connectivity index (χ2v) is 6.82. The van der Waals surface area contributed by atoms with E-state index in [0.29, 0.717) is 32.1 Å². The van der Waals surface area contributed by atoms with Gasteiger partial charge in [-0.1, -0.05) is 6.92 Å². The van der Waals surface area contributed by atoms with E-state index in [1.54, 1.807) is 13.8 Å². The van der Waals surface area contributed by atoms with Crippen LogP contribution >= 0.6 is 0 Å². The van der Waals surface area contributed by atoms with E-state index < -0.39 is 29.6 Å². The smallest absolute Gasteiger partial charge is 0.305 e. The molecule has 7 heteroatoms. The molecule has 2 atom stereocenters. The number of aliphatic hydroxyl groups is 3. The number of carbonyl (C=O) groups excluding carboxylic acids is 2. The summed E-state index contributed by atoms with van der Waals surface area (Å²) in [6, 6.07) is 0. The van der Waals surface area contributed by atoms with Gasteiger partial charge in [-0.25, -0.2) is 0 Å². The third-order valence-corrected chi connectivity index (χ3v) is 4.17. The predicted molar refractivity (Wildman–Crippen MR) is 92.8 cm³/mol. The van der Waals surface area contributed by atoms with Crippen molar-refractivity contribution in [3.05, 3.63) is 0 Å². The van der Waals surface area contributed by atoms with E-state index in [1.807, 2.05) is 6.92 Å². The standard InChI is InChI=1S/C18H34O7/c1-4-18(11-19,12-24-16(22)9-5-7-14(2)20)13-25-17(23)10-6-8-15(3)21/h14-15,19-21H,4-13H2,1-3H3. The minimum atomic E-state index is -0.806. The molecule has 0 aromatic carbocycles. The molecule has 0 saturated heterocycles. The van der Waals surface area contributed by atoms with Crippen molar-refractivity contribution in [2.24, 2.45) is 5.41 Å². The van der Waals surface area contributed by atoms with Crippen molar-refractivity contribution < 1.29 is 34.4 Å². The summed E-state index contributed by atoms with van der Waals surface area (Å²) in [5.41, 5.74) is -0.806. The number of hydrogen-bond acceptors (Lipinski definition) is 7. The van der Waals surface area contributed by atoms with Gasteiger partial charge < -0.3 is 24.8 Å². The van der Waals surface area contributed by atoms with Crippen molar-refractivity contribution in [1.29, 1.82) is 0 Å². The molecular formula is C18H34O7. The minimum absolute atomic E-state index is 0.0194. The highest BCUT2D eigenvalue weighted by molar-refractivity contribution is 5.69. The topological polar surface area (TPSA) is 113 Å². The fourth-order valence-electron chi connectivity index (χ4n) is 2.14. The highest BCUT2D eigenvalue weighted by Crippen LogP contribution is 2.23. The van der Waals surface area contributed by atoms with Crippen molar-refractivity contribution in [1.82, 2.24) is 0 Å². The van der Waals surface area contributed by atoms with Gasteiger partial charge in [0, 0.05) is 12.8 Å². The predicted octanol–water partition coefficient (Wildman–Crippen LogP) is 1.56. The summed E-state index contributed by atoms with van der Waals surface area (Å²) in [7, 11) is 0. The Balaban J connectivity index is 4.25. The van der Waals surface area contributed by atoms with E-state index >= 15 is 0 Å². The van der Waals surface area contributed by atoms with E-state index in [1.165, 1.54) is 0 Å². The lowest BCUT2D eigenvalue weighted by Gasteiger charge is -2.29. The fraction of sp³-hybridized carbons (Fsp3) is 0.889. The van der Waals surface area contributed by atoms with Crippen molar-refractivity contribution in [3.63, 3.8) is 0 Å². The zero-order valence-corrected chi connectivity index (χ0v) is 15.7. The summed E-state index contributed by atoms with van der Waals surface area (Å²) in [6.45, 7) is 4.86. The van der Waals surface area contributed by atoms with Crippen LogP contribution in [0.5, 0.6) is 0 Å². The van der Waals surface area contributed by atoms with Crippen molar-refractivity contribution in [2.75, 3.05) is 19.8 Å². The molecule has 25 heavy (non-hydrogen) atoms. The second-order valence-electron chi connectivity index (χ2n) is 6.82. The molecule has 2 unspecified atom stereocenters. The SMILES string of the molecule is CCC(CO)(COC(=O)CCCC(C)O)COC(=O)CCCC(C)O. The molecule has 148 valence electrons. The molecule has 0 saturated carbocycles. The van der Waals surface area contributed by atoms with Gasteiger partial charge in [-0.15, -0.1) is 0 Å². The van der Waals surface area contributed by atoms with Crippen LogP contribution in [-0.2, 0) is 19.1 Å². The number of ether oxygens (including phenoxy) is 2. The normalized spacial score (nSPS) is 15.9. The summed E-state index contributed by atoms with van der Waals surface area (Å²) < 4.78 is 10.4. The van der Waals surface area contributed by atoms with Gasteiger partial charge in [0.2, 0.25) is 0 Å². The Hall–Kier alpha value is -1.18. The molecule has 0 aliphatic rings. The van der Waals surface area contributed by atoms with E-state index in [9.17, 15) is 14.7 Å². The molecule has 0 heterocycles. The van der Waals surface area contributed by atoms with Crippen LogP contribution in [0.25, 0.3) is 0 Å². The van der Waals surface area contributed by atoms with Crippen LogP contribution in [0, 0.1) is 5.41 Å². The molecule has 0 radical (unpaired) electrons. The first-order valence-electron chi connectivity index (χ1n) is 9.03. The number of aliphatic hydroxyl groups excluding tert-OH is 3. The van der Waals surface area contributed by atoms with Crippen LogP contribution in [0.4, 0.5) is 0 Å². The summed E-state index contributed by atoms with van der Waals surface area (Å²) in [5.74, 6) is -0.787. The van der Waals surface area contributed by atoms with Crippen molar-refractivity contribution >= 4 is 11.9 Å². The lowest BCUT2D eigenvalue weighted by atomic mass is 9.88. The largest absolute Gasteiger partial charge is 0.465 e. The van der Waals surface area contributed by atoms with Crippen LogP contribution in [-0.4, -0.2) is 59.3 Å². The van der Waals surface area contributed by atoms with Crippen molar-refractivity contribution in [2.45, 2.75) is 77.9 Å². The van der Waals surface area contributed by atoms with E-state index in [-0.39, 0.29) is 32.7 Å². The van der Waals surface area contributed by atoms with Crippen LogP contribution in [0.15, 0.2) is 0 Å². The number of rotatable bonds is 14. The Kier molecular flexibility index (Phi) is 12.5. The van der Waals surface area contributed by atoms with Crippen molar-refractivity contribution in [3.8, 4) is 0 Å². The summed E-state index contributed by atoms with van der Waals surface area (Å²) in [6.07, 6.45) is 2.12. The molecule has 0 fully saturated rings. The van der Waals surface area contributed by atoms with Gasteiger partial charge in [0.25, 0.3) is 0 Å². The number of esters is 2. The highest BCUT2D eigenvalue weighted by atomic mass is 16.5. The second kappa shape index (κ2) is 13.1. The lowest BCUT2D eigenvalue weighted by Crippen LogP contribution is -2.37. The molecule has 0 amide bonds. The average molecular weight is 362 g/mol. The van der Waals surface area contributed by atoms with Gasteiger partial charge in [0.05, 0.1) is 24.2 Å². The first kappa shape index (κ1) is 23.8. The lowest BCUT2D eigenvalue weighted by molar-refractivity contribution is -0.156. The molecule has 0 aromatic rings. The van der Waals surface area contributed by atoms with Gasteiger partial charge in [-0.3, -0.25) is 9.59 Å². The quantitative estimate of drug-likeness (QED) is 0.402. The molecule has 0 aliphatic heterocycles. The maximum Gasteiger partial charge on any atom is 0.305 e. The van der Waals surface area contributed by atoms with Crippen LogP contribution in [0.3, 0.4) is 0 Å². The third-order valence-electron chi connectivity index (χ3n) is 4.17. The van der Waals surface area contributed by atoms with Gasteiger partial charge in [-0.05, 0) is 46.0 Å². The molecule has 0 aromatic heterocycles. The minimum Gasteiger partial charge on any atom is -0.465 e. The summed E-state index contributed by atoms with van der Waals surface area (Å²) in [5, 5.41) is 28.0.